The summed E-state index contributed by atoms with van der Waals surface area (Å²) >= 11 is 1.22. The van der Waals surface area contributed by atoms with Gasteiger partial charge in [0.05, 0.1) is 0 Å². The number of nitrogens with zero attached hydrogens (tertiary/aromatic N) is 4. The van der Waals surface area contributed by atoms with Crippen LogP contribution in [0.25, 0.3) is 5.82 Å². The molecule has 1 aromatic carbocycles. The van der Waals surface area contributed by atoms with Crippen LogP contribution in [0.1, 0.15) is 4.88 Å². The van der Waals surface area contributed by atoms with Gasteiger partial charge in [-0.25, -0.2) is 23.4 Å². The minimum absolute atomic E-state index is 0.276. The average Bonchev–Trinajstić information content (AvgIpc) is 3.35. The van der Waals surface area contributed by atoms with E-state index in [1.165, 1.54) is 17.7 Å². The van der Waals surface area contributed by atoms with Gasteiger partial charge in [-0.15, -0.1) is 11.3 Å². The van der Waals surface area contributed by atoms with Crippen molar-refractivity contribution >= 4 is 27.0 Å². The maximum absolute atomic E-state index is 12.4. The van der Waals surface area contributed by atoms with Gasteiger partial charge in [0.25, 0.3) is 10.0 Å². The highest BCUT2D eigenvalue weighted by molar-refractivity contribution is 7.94. The first-order valence-corrected chi connectivity index (χ1v) is 10.5. The zero-order valence-electron chi connectivity index (χ0n) is 14.7. The Balaban J connectivity index is 1.47. The predicted molar refractivity (Wildman–Crippen MR) is 106 cm³/mol. The second-order valence-corrected chi connectivity index (χ2v) is 8.98. The maximum Gasteiger partial charge on any atom is 0.271 e. The molecular weight excluding hydrogens is 398 g/mol. The summed E-state index contributed by atoms with van der Waals surface area (Å²) in [6.07, 6.45) is 6.44. The lowest BCUT2D eigenvalue weighted by Crippen LogP contribution is -2.11. The highest BCUT2D eigenvalue weighted by atomic mass is 32.2. The third-order valence-electron chi connectivity index (χ3n) is 3.71. The van der Waals surface area contributed by atoms with Crippen molar-refractivity contribution in [3.8, 4) is 17.4 Å². The number of sulfonamides is 1. The highest BCUT2D eigenvalue weighted by Gasteiger charge is 2.16. The molecule has 0 saturated heterocycles. The number of aryl methyl sites for hydroxylation is 1. The van der Waals surface area contributed by atoms with Crippen molar-refractivity contribution in [3.63, 3.8) is 0 Å². The van der Waals surface area contributed by atoms with E-state index < -0.39 is 10.0 Å². The van der Waals surface area contributed by atoms with E-state index in [9.17, 15) is 8.42 Å². The Hall–Kier alpha value is -3.24. The van der Waals surface area contributed by atoms with Crippen LogP contribution in [-0.2, 0) is 10.0 Å². The van der Waals surface area contributed by atoms with Crippen LogP contribution >= 0.6 is 11.3 Å². The van der Waals surface area contributed by atoms with Gasteiger partial charge in [0.2, 0.25) is 5.88 Å². The van der Waals surface area contributed by atoms with E-state index in [1.807, 2.05) is 6.92 Å². The van der Waals surface area contributed by atoms with Gasteiger partial charge in [-0.3, -0.25) is 9.29 Å². The topological polar surface area (TPSA) is 99.0 Å². The van der Waals surface area contributed by atoms with E-state index in [4.69, 9.17) is 4.74 Å². The molecule has 0 bridgehead atoms. The fourth-order valence-electron chi connectivity index (χ4n) is 2.40. The number of hydrogen-bond acceptors (Lipinski definition) is 7. The number of nitrogens with one attached hydrogen (secondary N) is 1. The fourth-order valence-corrected chi connectivity index (χ4v) is 4.74. The van der Waals surface area contributed by atoms with Crippen LogP contribution < -0.4 is 9.46 Å². The molecule has 0 fully saturated rings. The third kappa shape index (κ3) is 4.02. The van der Waals surface area contributed by atoms with E-state index >= 15 is 0 Å². The van der Waals surface area contributed by atoms with Crippen molar-refractivity contribution in [2.75, 3.05) is 4.72 Å². The minimum atomic E-state index is -3.60. The van der Waals surface area contributed by atoms with Crippen LogP contribution in [0, 0.1) is 6.92 Å². The normalized spacial score (nSPS) is 11.3. The van der Waals surface area contributed by atoms with Gasteiger partial charge in [0.1, 0.15) is 28.4 Å². The standard InChI is InChI=1S/C18H15N5O3S2/c1-13-2-7-18(27-13)28(24,25)22-14-3-5-15(6-4-14)26-17-10-16(20-11-21-17)23-9-8-19-12-23/h2-12,22H,1H3. The van der Waals surface area contributed by atoms with E-state index in [0.717, 1.165) is 4.88 Å². The lowest BCUT2D eigenvalue weighted by atomic mass is 10.3. The molecule has 0 aliphatic heterocycles. The first kappa shape index (κ1) is 18.1. The lowest BCUT2D eigenvalue weighted by molar-refractivity contribution is 0.461. The van der Waals surface area contributed by atoms with Crippen LogP contribution in [-0.4, -0.2) is 27.9 Å². The van der Waals surface area contributed by atoms with Gasteiger partial charge in [0.15, 0.2) is 0 Å². The molecule has 0 atom stereocenters. The molecule has 0 saturated carbocycles. The Morgan fingerprint density at radius 3 is 2.61 bits per heavy atom. The summed E-state index contributed by atoms with van der Waals surface area (Å²) in [5, 5.41) is 0. The van der Waals surface area contributed by atoms with E-state index in [1.54, 1.807) is 65.8 Å². The number of imidazole rings is 1. The van der Waals surface area contributed by atoms with Crippen molar-refractivity contribution in [1.82, 2.24) is 19.5 Å². The molecule has 0 radical (unpaired) electrons. The third-order valence-corrected chi connectivity index (χ3v) is 6.58. The molecule has 0 unspecified atom stereocenters. The summed E-state index contributed by atoms with van der Waals surface area (Å²) in [6, 6.07) is 11.6. The number of aromatic nitrogens is 4. The largest absolute Gasteiger partial charge is 0.439 e. The Labute approximate surface area is 165 Å². The zero-order chi connectivity index (χ0) is 19.6. The Morgan fingerprint density at radius 1 is 1.11 bits per heavy atom. The Morgan fingerprint density at radius 2 is 1.93 bits per heavy atom. The maximum atomic E-state index is 12.4. The molecule has 10 heteroatoms. The molecule has 0 amide bonds. The molecule has 0 spiro atoms. The predicted octanol–water partition coefficient (Wildman–Crippen LogP) is 3.63. The summed E-state index contributed by atoms with van der Waals surface area (Å²) < 4.78 is 35.1. The zero-order valence-corrected chi connectivity index (χ0v) is 16.3. The molecular formula is C18H15N5O3S2. The molecule has 3 aromatic heterocycles. The van der Waals surface area contributed by atoms with Crippen molar-refractivity contribution in [2.45, 2.75) is 11.1 Å². The highest BCUT2D eigenvalue weighted by Crippen LogP contribution is 2.26. The summed E-state index contributed by atoms with van der Waals surface area (Å²) in [4.78, 5) is 13.2. The van der Waals surface area contributed by atoms with Crippen LogP contribution in [0.5, 0.6) is 11.6 Å². The average molecular weight is 413 g/mol. The summed E-state index contributed by atoms with van der Waals surface area (Å²) in [5.41, 5.74) is 0.445. The number of ether oxygens (including phenoxy) is 1. The second kappa shape index (κ2) is 7.41. The Bertz CT molecular complexity index is 1190. The van der Waals surface area contributed by atoms with E-state index in [-0.39, 0.29) is 4.21 Å². The number of rotatable bonds is 6. The van der Waals surface area contributed by atoms with E-state index in [0.29, 0.717) is 23.1 Å². The lowest BCUT2D eigenvalue weighted by Gasteiger charge is -2.09. The van der Waals surface area contributed by atoms with Crippen LogP contribution in [0.2, 0.25) is 0 Å². The molecule has 3 heterocycles. The van der Waals surface area contributed by atoms with Gasteiger partial charge in [-0.05, 0) is 43.3 Å². The quantitative estimate of drug-likeness (QED) is 0.518. The number of benzene rings is 1. The van der Waals surface area contributed by atoms with Gasteiger partial charge in [-0.2, -0.15) is 0 Å². The van der Waals surface area contributed by atoms with Crippen molar-refractivity contribution < 1.29 is 13.2 Å². The smallest absolute Gasteiger partial charge is 0.271 e. The molecule has 142 valence electrons. The fraction of sp³-hybridized carbons (Fsp3) is 0.0556. The van der Waals surface area contributed by atoms with Gasteiger partial charge < -0.3 is 4.74 Å². The van der Waals surface area contributed by atoms with Gasteiger partial charge in [-0.1, -0.05) is 0 Å². The molecule has 4 aromatic rings. The van der Waals surface area contributed by atoms with Crippen LogP contribution in [0.15, 0.2) is 71.7 Å². The summed E-state index contributed by atoms with van der Waals surface area (Å²) in [5.74, 6) is 1.50. The molecule has 28 heavy (non-hydrogen) atoms. The van der Waals surface area contributed by atoms with Crippen LogP contribution in [0.4, 0.5) is 5.69 Å². The van der Waals surface area contributed by atoms with Crippen molar-refractivity contribution in [1.29, 1.82) is 0 Å². The summed E-state index contributed by atoms with van der Waals surface area (Å²) in [6.45, 7) is 1.86. The molecule has 8 nitrogen and oxygen atoms in total. The minimum Gasteiger partial charge on any atom is -0.439 e. The number of hydrogen-bond donors (Lipinski definition) is 1. The SMILES string of the molecule is Cc1ccc(S(=O)(=O)Nc2ccc(Oc3cc(-n4ccnc4)ncn3)cc2)s1. The molecule has 0 aliphatic rings. The Kier molecular flexibility index (Phi) is 4.80. The molecule has 4 rings (SSSR count). The molecule has 0 aliphatic carbocycles. The first-order chi connectivity index (χ1) is 13.5. The summed E-state index contributed by atoms with van der Waals surface area (Å²) in [7, 11) is -3.60. The number of anilines is 1. The van der Waals surface area contributed by atoms with Crippen molar-refractivity contribution in [2.24, 2.45) is 0 Å². The second-order valence-electron chi connectivity index (χ2n) is 5.78. The number of thiophene rings is 1. The van der Waals surface area contributed by atoms with Crippen molar-refractivity contribution in [3.05, 3.63) is 72.4 Å². The first-order valence-electron chi connectivity index (χ1n) is 8.17. The monoisotopic (exact) mass is 413 g/mol. The van der Waals surface area contributed by atoms with E-state index in [2.05, 4.69) is 19.7 Å². The molecule has 1 N–H and O–H groups in total. The van der Waals surface area contributed by atoms with Gasteiger partial charge >= 0.3 is 0 Å². The van der Waals surface area contributed by atoms with Gasteiger partial charge in [0, 0.05) is 29.0 Å². The van der Waals surface area contributed by atoms with Crippen LogP contribution in [0.3, 0.4) is 0 Å².